The molecule has 1 aromatic heterocycles. The molecule has 1 N–H and O–H groups in total. The number of thiophene rings is 1. The number of likely N-dealkylation sites (N-methyl/N-ethyl adjacent to an activating group) is 1. The molecule has 92 valence electrons. The van der Waals surface area contributed by atoms with Crippen molar-refractivity contribution in [2.45, 2.75) is 32.7 Å². The fraction of sp³-hybridized carbons (Fsp3) is 0.467. The number of hydrogen-bond acceptors (Lipinski definition) is 2. The molecule has 17 heavy (non-hydrogen) atoms. The van der Waals surface area contributed by atoms with Crippen molar-refractivity contribution in [1.29, 1.82) is 0 Å². The quantitative estimate of drug-likeness (QED) is 0.839. The Balaban J connectivity index is 2.22. The molecular formula is C15H21NS. The van der Waals surface area contributed by atoms with Gasteiger partial charge in [0.15, 0.2) is 0 Å². The second-order valence-electron chi connectivity index (χ2n) is 4.74. The highest BCUT2D eigenvalue weighted by Crippen LogP contribution is 2.27. The van der Waals surface area contributed by atoms with Gasteiger partial charge in [0.25, 0.3) is 0 Å². The van der Waals surface area contributed by atoms with E-state index in [0.29, 0.717) is 6.04 Å². The summed E-state index contributed by atoms with van der Waals surface area (Å²) in [7, 11) is 2.07. The van der Waals surface area contributed by atoms with Gasteiger partial charge < -0.3 is 5.32 Å². The van der Waals surface area contributed by atoms with E-state index >= 15 is 0 Å². The molecule has 0 saturated heterocycles. The summed E-state index contributed by atoms with van der Waals surface area (Å²) in [6.45, 7) is 4.59. The van der Waals surface area contributed by atoms with Crippen LogP contribution in [0.15, 0.2) is 29.6 Å². The minimum atomic E-state index is 0.581. The Kier molecular flexibility index (Phi) is 4.19. The Hall–Kier alpha value is -0.860. The van der Waals surface area contributed by atoms with E-state index in [9.17, 15) is 0 Å². The number of rotatable bonds is 5. The highest BCUT2D eigenvalue weighted by Gasteiger charge is 2.15. The summed E-state index contributed by atoms with van der Waals surface area (Å²) in [6.07, 6.45) is 2.36. The summed E-state index contributed by atoms with van der Waals surface area (Å²) in [4.78, 5) is 0. The van der Waals surface area contributed by atoms with Crippen molar-refractivity contribution < 1.29 is 0 Å². The van der Waals surface area contributed by atoms with Crippen LogP contribution in [0, 0.1) is 5.92 Å². The van der Waals surface area contributed by atoms with Gasteiger partial charge in [-0.15, -0.1) is 11.3 Å². The minimum Gasteiger partial charge on any atom is -0.316 e. The van der Waals surface area contributed by atoms with Gasteiger partial charge in [-0.3, -0.25) is 0 Å². The Morgan fingerprint density at radius 3 is 2.76 bits per heavy atom. The van der Waals surface area contributed by atoms with Crippen LogP contribution in [0.25, 0.3) is 10.1 Å². The third kappa shape index (κ3) is 2.70. The zero-order chi connectivity index (χ0) is 12.3. The van der Waals surface area contributed by atoms with Crippen LogP contribution in [0.4, 0.5) is 0 Å². The highest BCUT2D eigenvalue weighted by molar-refractivity contribution is 7.17. The summed E-state index contributed by atoms with van der Waals surface area (Å²) in [5.74, 6) is 0.721. The second kappa shape index (κ2) is 5.65. The zero-order valence-corrected chi connectivity index (χ0v) is 11.7. The number of nitrogens with one attached hydrogen (secondary N) is 1. The molecular weight excluding hydrogens is 226 g/mol. The lowest BCUT2D eigenvalue weighted by Gasteiger charge is -2.22. The van der Waals surface area contributed by atoms with Crippen molar-refractivity contribution in [1.82, 2.24) is 5.32 Å². The second-order valence-corrected chi connectivity index (χ2v) is 5.65. The Morgan fingerprint density at radius 1 is 1.29 bits per heavy atom. The van der Waals surface area contributed by atoms with Gasteiger partial charge in [-0.1, -0.05) is 38.5 Å². The molecule has 1 aromatic carbocycles. The molecule has 0 saturated carbocycles. The SMILES string of the molecule is CCC(C)C(Cc1csc2ccccc12)NC. The molecule has 0 aliphatic rings. The van der Waals surface area contributed by atoms with Crippen LogP contribution in [0.1, 0.15) is 25.8 Å². The first-order chi connectivity index (χ1) is 8.26. The Bertz CT molecular complexity index is 474. The van der Waals surface area contributed by atoms with Gasteiger partial charge in [0.2, 0.25) is 0 Å². The molecule has 2 rings (SSSR count). The number of benzene rings is 1. The van der Waals surface area contributed by atoms with Crippen molar-refractivity contribution in [3.8, 4) is 0 Å². The average molecular weight is 247 g/mol. The van der Waals surface area contributed by atoms with E-state index in [-0.39, 0.29) is 0 Å². The first-order valence-electron chi connectivity index (χ1n) is 6.38. The Labute approximate surface area is 108 Å². The molecule has 2 unspecified atom stereocenters. The van der Waals surface area contributed by atoms with Crippen LogP contribution < -0.4 is 5.32 Å². The molecule has 0 bridgehead atoms. The first kappa shape index (κ1) is 12.6. The summed E-state index contributed by atoms with van der Waals surface area (Å²) in [6, 6.07) is 9.28. The number of hydrogen-bond donors (Lipinski definition) is 1. The lowest BCUT2D eigenvalue weighted by Crippen LogP contribution is -2.33. The van der Waals surface area contributed by atoms with E-state index in [0.717, 1.165) is 12.3 Å². The number of fused-ring (bicyclic) bond motifs is 1. The van der Waals surface area contributed by atoms with Crippen molar-refractivity contribution >= 4 is 21.4 Å². The van der Waals surface area contributed by atoms with Crippen LogP contribution in [0.2, 0.25) is 0 Å². The van der Waals surface area contributed by atoms with Gasteiger partial charge in [-0.25, -0.2) is 0 Å². The third-order valence-electron chi connectivity index (χ3n) is 3.70. The maximum atomic E-state index is 3.46. The summed E-state index contributed by atoms with van der Waals surface area (Å²) in [5, 5.41) is 7.21. The van der Waals surface area contributed by atoms with Gasteiger partial charge in [-0.2, -0.15) is 0 Å². The fourth-order valence-electron chi connectivity index (χ4n) is 2.30. The molecule has 2 heteroatoms. The van der Waals surface area contributed by atoms with Gasteiger partial charge in [0, 0.05) is 10.7 Å². The molecule has 0 aliphatic heterocycles. The lowest BCUT2D eigenvalue weighted by molar-refractivity contribution is 0.387. The predicted molar refractivity (Wildman–Crippen MR) is 77.8 cm³/mol. The molecule has 2 aromatic rings. The maximum Gasteiger partial charge on any atom is 0.0345 e. The van der Waals surface area contributed by atoms with Crippen LogP contribution in [0.3, 0.4) is 0 Å². The maximum absolute atomic E-state index is 3.46. The largest absolute Gasteiger partial charge is 0.316 e. The molecule has 1 nitrogen and oxygen atoms in total. The predicted octanol–water partition coefficient (Wildman–Crippen LogP) is 4.08. The molecule has 2 atom stereocenters. The van der Waals surface area contributed by atoms with Crippen molar-refractivity contribution in [3.63, 3.8) is 0 Å². The molecule has 1 heterocycles. The summed E-state index contributed by atoms with van der Waals surface area (Å²) < 4.78 is 1.40. The average Bonchev–Trinajstić information content (AvgIpc) is 2.78. The van der Waals surface area contributed by atoms with Gasteiger partial charge >= 0.3 is 0 Å². The smallest absolute Gasteiger partial charge is 0.0345 e. The first-order valence-corrected chi connectivity index (χ1v) is 7.26. The van der Waals surface area contributed by atoms with Crippen molar-refractivity contribution in [2.75, 3.05) is 7.05 Å². The van der Waals surface area contributed by atoms with Gasteiger partial charge in [0.1, 0.15) is 0 Å². The van der Waals surface area contributed by atoms with Crippen LogP contribution >= 0.6 is 11.3 Å². The molecule has 0 fully saturated rings. The molecule has 0 aliphatic carbocycles. The van der Waals surface area contributed by atoms with Crippen LogP contribution in [0.5, 0.6) is 0 Å². The van der Waals surface area contributed by atoms with Crippen LogP contribution in [-0.4, -0.2) is 13.1 Å². The summed E-state index contributed by atoms with van der Waals surface area (Å²) >= 11 is 1.86. The van der Waals surface area contributed by atoms with Crippen molar-refractivity contribution in [2.24, 2.45) is 5.92 Å². The normalized spacial score (nSPS) is 15.0. The summed E-state index contributed by atoms with van der Waals surface area (Å²) in [5.41, 5.74) is 1.49. The topological polar surface area (TPSA) is 12.0 Å². The molecule has 0 spiro atoms. The van der Waals surface area contributed by atoms with Crippen molar-refractivity contribution in [3.05, 3.63) is 35.2 Å². The van der Waals surface area contributed by atoms with Crippen LogP contribution in [-0.2, 0) is 6.42 Å². The van der Waals surface area contributed by atoms with E-state index in [2.05, 4.69) is 55.9 Å². The highest BCUT2D eigenvalue weighted by atomic mass is 32.1. The zero-order valence-electron chi connectivity index (χ0n) is 10.9. The lowest BCUT2D eigenvalue weighted by atomic mass is 9.93. The van der Waals surface area contributed by atoms with Gasteiger partial charge in [0.05, 0.1) is 0 Å². The van der Waals surface area contributed by atoms with E-state index < -0.39 is 0 Å². The monoisotopic (exact) mass is 247 g/mol. The van der Waals surface area contributed by atoms with Gasteiger partial charge in [-0.05, 0) is 41.8 Å². The molecule has 0 radical (unpaired) electrons. The van der Waals surface area contributed by atoms with E-state index in [1.54, 1.807) is 0 Å². The van der Waals surface area contributed by atoms with E-state index in [4.69, 9.17) is 0 Å². The fourth-order valence-corrected chi connectivity index (χ4v) is 3.28. The third-order valence-corrected chi connectivity index (χ3v) is 4.71. The molecule has 0 amide bonds. The standard InChI is InChI=1S/C15H21NS/c1-4-11(2)14(16-3)9-12-10-17-15-8-6-5-7-13(12)15/h5-8,10-11,14,16H,4,9H2,1-3H3. The Morgan fingerprint density at radius 2 is 2.06 bits per heavy atom. The van der Waals surface area contributed by atoms with E-state index in [1.807, 2.05) is 11.3 Å². The minimum absolute atomic E-state index is 0.581. The van der Waals surface area contributed by atoms with E-state index in [1.165, 1.54) is 22.1 Å².